The van der Waals surface area contributed by atoms with Crippen molar-refractivity contribution in [1.82, 2.24) is 4.90 Å². The Balaban J connectivity index is 1.70. The normalized spacial score (nSPS) is 17.1. The van der Waals surface area contributed by atoms with Crippen molar-refractivity contribution < 1.29 is 18.0 Å². The zero-order chi connectivity index (χ0) is 20.1. The second-order valence-corrected chi connectivity index (χ2v) is 8.18. The van der Waals surface area contributed by atoms with Crippen LogP contribution >= 0.6 is 11.8 Å². The van der Waals surface area contributed by atoms with E-state index in [0.717, 1.165) is 36.3 Å². The first kappa shape index (κ1) is 20.8. The van der Waals surface area contributed by atoms with Crippen LogP contribution in [0.4, 0.5) is 13.2 Å². The van der Waals surface area contributed by atoms with Gasteiger partial charge in [-0.2, -0.15) is 13.2 Å². The van der Waals surface area contributed by atoms with Crippen LogP contribution in [0.15, 0.2) is 48.5 Å². The second-order valence-electron chi connectivity index (χ2n) is 7.00. The van der Waals surface area contributed by atoms with Crippen LogP contribution in [0, 0.1) is 0 Å². The molecule has 1 heterocycles. The minimum absolute atomic E-state index is 0.0741. The fourth-order valence-corrected chi connectivity index (χ4v) is 4.61. The van der Waals surface area contributed by atoms with Gasteiger partial charge in [0.05, 0.1) is 5.56 Å². The number of rotatable bonds is 6. The number of amides is 1. The monoisotopic (exact) mass is 407 g/mol. The molecule has 1 saturated heterocycles. The van der Waals surface area contributed by atoms with Gasteiger partial charge in [-0.3, -0.25) is 4.79 Å². The molecular weight excluding hydrogens is 383 g/mol. The molecule has 1 atom stereocenters. The van der Waals surface area contributed by atoms with Gasteiger partial charge in [0.15, 0.2) is 0 Å². The molecule has 28 heavy (non-hydrogen) atoms. The molecule has 0 N–H and O–H groups in total. The predicted octanol–water partition coefficient (Wildman–Crippen LogP) is 6.33. The van der Waals surface area contributed by atoms with Crippen LogP contribution in [0.5, 0.6) is 0 Å². The molecule has 0 saturated carbocycles. The highest BCUT2D eigenvalue weighted by molar-refractivity contribution is 7.99. The Morgan fingerprint density at radius 3 is 2.36 bits per heavy atom. The van der Waals surface area contributed by atoms with Gasteiger partial charge >= 0.3 is 6.18 Å². The van der Waals surface area contributed by atoms with E-state index in [1.165, 1.54) is 30.5 Å². The van der Waals surface area contributed by atoms with Gasteiger partial charge in [-0.1, -0.05) is 44.0 Å². The number of aryl methyl sites for hydroxylation is 1. The van der Waals surface area contributed by atoms with Crippen LogP contribution in [-0.2, 0) is 12.6 Å². The molecule has 0 aliphatic carbocycles. The molecule has 0 radical (unpaired) electrons. The standard InChI is InChI=1S/C22H24F3NOS/c1-2-3-4-5-16-6-8-17(9-7-16)20(27)26-14-15-28-21(26)18-10-12-19(13-11-18)22(23,24)25/h6-13,21H,2-5,14-15H2,1H3/t21-/m0/s1. The van der Waals surface area contributed by atoms with E-state index in [1.54, 1.807) is 16.7 Å². The van der Waals surface area contributed by atoms with Crippen LogP contribution in [-0.4, -0.2) is 23.1 Å². The van der Waals surface area contributed by atoms with Gasteiger partial charge < -0.3 is 4.90 Å². The Hall–Kier alpha value is -1.95. The number of carbonyl (C=O) groups excluding carboxylic acids is 1. The SMILES string of the molecule is CCCCCc1ccc(C(=O)N2CCS[C@H]2c2ccc(C(F)(F)F)cc2)cc1. The quantitative estimate of drug-likeness (QED) is 0.522. The lowest BCUT2D eigenvalue weighted by Gasteiger charge is -2.24. The maximum atomic E-state index is 13.0. The largest absolute Gasteiger partial charge is 0.416 e. The van der Waals surface area contributed by atoms with E-state index in [4.69, 9.17) is 0 Å². The summed E-state index contributed by atoms with van der Waals surface area (Å²) in [4.78, 5) is 14.7. The van der Waals surface area contributed by atoms with Gasteiger partial charge in [0.2, 0.25) is 0 Å². The number of hydrogen-bond acceptors (Lipinski definition) is 2. The average molecular weight is 408 g/mol. The van der Waals surface area contributed by atoms with Crippen molar-refractivity contribution in [2.24, 2.45) is 0 Å². The maximum Gasteiger partial charge on any atom is 0.416 e. The van der Waals surface area contributed by atoms with Crippen LogP contribution in [0.1, 0.15) is 58.6 Å². The van der Waals surface area contributed by atoms with Crippen LogP contribution in [0.2, 0.25) is 0 Å². The van der Waals surface area contributed by atoms with E-state index in [9.17, 15) is 18.0 Å². The first-order valence-corrected chi connectivity index (χ1v) is 10.6. The number of thioether (sulfide) groups is 1. The summed E-state index contributed by atoms with van der Waals surface area (Å²) in [5.74, 6) is 0.696. The molecule has 1 aliphatic rings. The topological polar surface area (TPSA) is 20.3 Å². The van der Waals surface area contributed by atoms with Crippen molar-refractivity contribution in [3.05, 3.63) is 70.8 Å². The van der Waals surface area contributed by atoms with E-state index in [2.05, 4.69) is 6.92 Å². The number of hydrogen-bond donors (Lipinski definition) is 0. The van der Waals surface area contributed by atoms with Gasteiger partial charge in [0.1, 0.15) is 5.37 Å². The van der Waals surface area contributed by atoms with E-state index in [0.29, 0.717) is 12.1 Å². The highest BCUT2D eigenvalue weighted by Gasteiger charge is 2.33. The number of halogens is 3. The number of alkyl halides is 3. The summed E-state index contributed by atoms with van der Waals surface area (Å²) in [6.07, 6.45) is 0.170. The van der Waals surface area contributed by atoms with Crippen molar-refractivity contribution in [2.45, 2.75) is 44.2 Å². The molecule has 3 rings (SSSR count). The molecular formula is C22H24F3NOS. The molecule has 0 bridgehead atoms. The number of benzene rings is 2. The van der Waals surface area contributed by atoms with Gasteiger partial charge in [-0.25, -0.2) is 0 Å². The smallest absolute Gasteiger partial charge is 0.322 e. The van der Waals surface area contributed by atoms with Crippen molar-refractivity contribution in [3.8, 4) is 0 Å². The summed E-state index contributed by atoms with van der Waals surface area (Å²) in [5.41, 5.74) is 1.90. The van der Waals surface area contributed by atoms with Gasteiger partial charge in [0, 0.05) is 17.9 Å². The van der Waals surface area contributed by atoms with Gasteiger partial charge in [-0.15, -0.1) is 11.8 Å². The van der Waals surface area contributed by atoms with Gasteiger partial charge in [0.25, 0.3) is 5.91 Å². The maximum absolute atomic E-state index is 13.0. The molecule has 6 heteroatoms. The Morgan fingerprint density at radius 2 is 1.75 bits per heavy atom. The minimum Gasteiger partial charge on any atom is -0.322 e. The molecule has 2 aromatic rings. The van der Waals surface area contributed by atoms with Crippen molar-refractivity contribution in [3.63, 3.8) is 0 Å². The van der Waals surface area contributed by atoms with Crippen LogP contribution in [0.25, 0.3) is 0 Å². The zero-order valence-electron chi connectivity index (χ0n) is 15.8. The lowest BCUT2D eigenvalue weighted by atomic mass is 10.0. The van der Waals surface area contributed by atoms with Crippen molar-refractivity contribution in [1.29, 1.82) is 0 Å². The summed E-state index contributed by atoms with van der Waals surface area (Å²) in [6.45, 7) is 2.76. The van der Waals surface area contributed by atoms with Crippen molar-refractivity contribution >= 4 is 17.7 Å². The third kappa shape index (κ3) is 4.90. The molecule has 1 aliphatic heterocycles. The number of nitrogens with zero attached hydrogens (tertiary/aromatic N) is 1. The first-order chi connectivity index (χ1) is 13.4. The highest BCUT2D eigenvalue weighted by atomic mass is 32.2. The Labute approximate surface area is 168 Å². The van der Waals surface area contributed by atoms with E-state index >= 15 is 0 Å². The lowest BCUT2D eigenvalue weighted by molar-refractivity contribution is -0.137. The van der Waals surface area contributed by atoms with Crippen LogP contribution in [0.3, 0.4) is 0 Å². The Kier molecular flexibility index (Phi) is 6.70. The summed E-state index contributed by atoms with van der Waals surface area (Å²) >= 11 is 1.58. The molecule has 150 valence electrons. The van der Waals surface area contributed by atoms with E-state index < -0.39 is 11.7 Å². The molecule has 0 spiro atoms. The first-order valence-electron chi connectivity index (χ1n) is 9.59. The minimum atomic E-state index is -4.35. The molecule has 1 fully saturated rings. The summed E-state index contributed by atoms with van der Waals surface area (Å²) in [7, 11) is 0. The van der Waals surface area contributed by atoms with Crippen molar-refractivity contribution in [2.75, 3.05) is 12.3 Å². The van der Waals surface area contributed by atoms with Crippen LogP contribution < -0.4 is 0 Å². The molecule has 2 aromatic carbocycles. The van der Waals surface area contributed by atoms with E-state index in [-0.39, 0.29) is 11.3 Å². The fraction of sp³-hybridized carbons (Fsp3) is 0.409. The summed E-state index contributed by atoms with van der Waals surface area (Å²) in [6, 6.07) is 12.8. The summed E-state index contributed by atoms with van der Waals surface area (Å²) < 4.78 is 38.4. The highest BCUT2D eigenvalue weighted by Crippen LogP contribution is 2.40. The zero-order valence-corrected chi connectivity index (χ0v) is 16.7. The van der Waals surface area contributed by atoms with E-state index in [1.807, 2.05) is 24.3 Å². The third-order valence-corrected chi connectivity index (χ3v) is 6.21. The van der Waals surface area contributed by atoms with Gasteiger partial charge in [-0.05, 0) is 48.2 Å². The Bertz CT molecular complexity index is 787. The lowest BCUT2D eigenvalue weighted by Crippen LogP contribution is -2.30. The number of carbonyl (C=O) groups is 1. The molecule has 2 nitrogen and oxygen atoms in total. The predicted molar refractivity (Wildman–Crippen MR) is 107 cm³/mol. The number of unbranched alkanes of at least 4 members (excludes halogenated alkanes) is 2. The second kappa shape index (κ2) is 9.03. The third-order valence-electron chi connectivity index (χ3n) is 4.94. The average Bonchev–Trinajstić information content (AvgIpc) is 3.17. The fourth-order valence-electron chi connectivity index (χ4n) is 3.35. The molecule has 0 aromatic heterocycles. The Morgan fingerprint density at radius 1 is 1.07 bits per heavy atom. The molecule has 0 unspecified atom stereocenters. The molecule has 1 amide bonds. The summed E-state index contributed by atoms with van der Waals surface area (Å²) in [5, 5.41) is -0.251.